The molecule has 40 heteroatoms. The molecule has 3 aromatic heterocycles. The van der Waals surface area contributed by atoms with Crippen LogP contribution in [0.3, 0.4) is 0 Å². The van der Waals surface area contributed by atoms with Crippen molar-refractivity contribution < 1.29 is 134 Å². The third-order valence-electron chi connectivity index (χ3n) is 21.0. The van der Waals surface area contributed by atoms with Crippen LogP contribution in [-0.2, 0) is 65.4 Å². The molecule has 6 heterocycles. The summed E-state index contributed by atoms with van der Waals surface area (Å²) in [6.07, 6.45) is 3.96. The number of nitrogens with zero attached hydrogens (tertiary/aromatic N) is 8. The monoisotopic (exact) mass is 1990 g/mol. The molecule has 766 valence electrons. The highest BCUT2D eigenvalue weighted by Crippen LogP contribution is 2.44. The van der Waals surface area contributed by atoms with Gasteiger partial charge in [0.25, 0.3) is 0 Å². The molecule has 10 rings (SSSR count). The van der Waals surface area contributed by atoms with Gasteiger partial charge in [0.2, 0.25) is 11.8 Å². The van der Waals surface area contributed by atoms with Gasteiger partial charge in [0.1, 0.15) is 70.0 Å². The molecule has 3 saturated heterocycles. The van der Waals surface area contributed by atoms with Crippen LogP contribution in [0.5, 0.6) is 29.0 Å². The van der Waals surface area contributed by atoms with E-state index in [1.165, 1.54) is 37.2 Å². The summed E-state index contributed by atoms with van der Waals surface area (Å²) >= 11 is 5.72. The first-order valence-corrected chi connectivity index (χ1v) is 44.5. The minimum atomic E-state index is -3.56. The summed E-state index contributed by atoms with van der Waals surface area (Å²) < 4.78 is 191. The van der Waals surface area contributed by atoms with Crippen LogP contribution in [0.2, 0.25) is 5.15 Å². The Labute approximate surface area is 835 Å². The van der Waals surface area contributed by atoms with Crippen molar-refractivity contribution in [3.05, 3.63) is 127 Å². The third kappa shape index (κ3) is 36.7. The number of ketones is 1. The maximum Gasteiger partial charge on any atom is 0.411 e. The number of likely N-dealkylation sites (tertiary alicyclic amines) is 2. The highest BCUT2D eigenvalue weighted by molar-refractivity contribution is 7.49. The SMILES string of the molecule is C.C.C=CC(F)(F)c1nc2ccc(OC)cc2nc1Cl.C=CC(F)(F)c1nc2ccc(OC)cc2nc1O[C@H]1CN(C(=O)OC(C)(C)C)[C@H](C(=O)OC(C)(C)C)[C@@H]1CC.C=CC(F)(F)c1nc2ccc(OC)cc2nc1O[C@H]1CN[C@H](C(=O)OC(C)(C)C)[C@@H]1CC.C=CCC[C@@H]1C[C@H]1OC(=O)C[C@H](C(=O)O)C(C)(C)C.CC[C@H]1[C@@H](C(=O)CC(C)(C)C)N(C(=O)OC(C)(C)C)C[C@@H]1O.Cl.[2HH].[2H][2H].[2H][2H].[2H][2H].[2H][2H].[2H][2H].[B]B([B])[B]. The Morgan fingerprint density at radius 1 is 0.555 bits per heavy atom. The first-order valence-electron chi connectivity index (χ1n) is 49.1. The second kappa shape index (κ2) is 51.3. The number of Topliss-reactive ketones (excluding diaryl/α,β-unsaturated/α-hetero) is 1. The summed E-state index contributed by atoms with van der Waals surface area (Å²) in [5.74, 6) is -13.3. The van der Waals surface area contributed by atoms with Crippen LogP contribution >= 0.6 is 24.0 Å². The molecule has 4 fully saturated rings. The van der Waals surface area contributed by atoms with Gasteiger partial charge in [0.15, 0.2) is 28.0 Å². The van der Waals surface area contributed by atoms with E-state index in [0.29, 0.717) is 83.6 Å². The van der Waals surface area contributed by atoms with E-state index in [0.717, 1.165) is 19.3 Å². The molecule has 3 aromatic carbocycles. The number of ether oxygens (including phenoxy) is 10. The second-order valence-corrected chi connectivity index (χ2v) is 39.4. The lowest BCUT2D eigenvalue weighted by Crippen LogP contribution is -2.47. The Kier molecular flexibility index (Phi) is 42.7. The zero-order valence-corrected chi connectivity index (χ0v) is 83.4. The number of allylic oxidation sites excluding steroid dienone is 4. The summed E-state index contributed by atoms with van der Waals surface area (Å²) in [5.41, 5.74) is -3.66. The molecule has 1 aliphatic carbocycles. The van der Waals surface area contributed by atoms with E-state index in [1.807, 2.05) is 68.4 Å². The number of halogens is 8. The number of rotatable bonds is 27. The van der Waals surface area contributed by atoms with Gasteiger partial charge in [-0.05, 0) is 193 Å². The Balaban J connectivity index is -0.000000568. The van der Waals surface area contributed by atoms with Crippen molar-refractivity contribution in [2.45, 2.75) is 294 Å². The quantitative estimate of drug-likeness (QED) is 0.0142. The Hall–Kier alpha value is -9.93. The molecule has 0 bridgehead atoms. The predicted octanol–water partition coefficient (Wildman–Crippen LogP) is 20.9. The molecule has 3 N–H and O–H groups in total. The molecule has 4 aliphatic rings. The first-order chi connectivity index (χ1) is 66.8. The molecule has 2 amide bonds. The number of carboxylic acids is 1. The maximum absolute atomic E-state index is 15.0. The number of carboxylic acid groups (broad SMARTS) is 1. The van der Waals surface area contributed by atoms with E-state index in [9.17, 15) is 65.0 Å². The molecule has 3 aliphatic heterocycles. The van der Waals surface area contributed by atoms with Crippen molar-refractivity contribution in [2.24, 2.45) is 40.4 Å². The van der Waals surface area contributed by atoms with Crippen molar-refractivity contribution >= 4 is 129 Å². The van der Waals surface area contributed by atoms with Gasteiger partial charge < -0.3 is 62.9 Å². The second-order valence-electron chi connectivity index (χ2n) is 39.0. The average Bonchev–Trinajstić information content (AvgIpc) is 1.53. The number of carbonyl (C=O) groups excluding carboxylic acids is 6. The van der Waals surface area contributed by atoms with Gasteiger partial charge in [-0.15, -0.1) is 19.0 Å². The fourth-order valence-corrected chi connectivity index (χ4v) is 14.8. The van der Waals surface area contributed by atoms with Crippen molar-refractivity contribution in [1.82, 2.24) is 45.0 Å². The largest absolute Gasteiger partial charge is 0.497 e. The molecule has 0 unspecified atom stereocenters. The zero-order valence-electron chi connectivity index (χ0n) is 91.8. The lowest BCUT2D eigenvalue weighted by Gasteiger charge is -2.31. The molecule has 137 heavy (non-hydrogen) atoms. The Bertz CT molecular complexity index is 5140. The smallest absolute Gasteiger partial charge is 0.411 e. The van der Waals surface area contributed by atoms with Gasteiger partial charge in [-0.2, -0.15) is 26.3 Å². The van der Waals surface area contributed by atoms with Gasteiger partial charge in [-0.3, -0.25) is 29.0 Å². The van der Waals surface area contributed by atoms with Gasteiger partial charge in [-0.25, -0.2) is 44.3 Å². The van der Waals surface area contributed by atoms with E-state index < -0.39 is 159 Å². The van der Waals surface area contributed by atoms with E-state index in [-0.39, 0.29) is 111 Å². The van der Waals surface area contributed by atoms with Crippen molar-refractivity contribution in [1.29, 1.82) is 0 Å². The van der Waals surface area contributed by atoms with Crippen LogP contribution in [0.4, 0.5) is 35.9 Å². The van der Waals surface area contributed by atoms with Crippen LogP contribution < -0.4 is 29.0 Å². The molecule has 1 saturated carbocycles. The number of aliphatic hydroxyl groups excluding tert-OH is 1. The zero-order chi connectivity index (χ0) is 112. The van der Waals surface area contributed by atoms with Crippen molar-refractivity contribution in [3.63, 3.8) is 0 Å². The van der Waals surface area contributed by atoms with Crippen molar-refractivity contribution in [3.8, 4) is 29.0 Å². The highest BCUT2D eigenvalue weighted by Gasteiger charge is 2.54. The summed E-state index contributed by atoms with van der Waals surface area (Å²) in [7, 11) is 18.5. The van der Waals surface area contributed by atoms with Crippen LogP contribution in [0.15, 0.2) is 105 Å². The van der Waals surface area contributed by atoms with E-state index in [1.54, 1.807) is 132 Å². The number of aliphatic hydroxyl groups is 1. The number of hydrogen-bond acceptors (Lipinski definition) is 25. The number of nitrogens with one attached hydrogen (secondary N) is 1. The van der Waals surface area contributed by atoms with Gasteiger partial charge in [0.05, 0.1) is 92.0 Å². The number of β-amino-alcohol motifs (C(OH)–C–C–N with tert-alkyl or cyclic N) is 1. The van der Waals surface area contributed by atoms with Crippen LogP contribution in [-0.4, -0.2) is 227 Å². The van der Waals surface area contributed by atoms with Crippen LogP contribution in [0, 0.1) is 40.4 Å². The number of aromatic nitrogens is 6. The normalized spacial score (nSPS) is 20.2. The van der Waals surface area contributed by atoms with Crippen LogP contribution in [0.1, 0.15) is 245 Å². The minimum absolute atomic E-state index is 0. The van der Waals surface area contributed by atoms with Gasteiger partial charge in [0, 0.05) is 94.8 Å². The number of aliphatic carboxylic acids is 1. The third-order valence-corrected chi connectivity index (χ3v) is 21.3. The van der Waals surface area contributed by atoms with E-state index in [2.05, 4.69) is 84.7 Å². The predicted molar refractivity (Wildman–Crippen MR) is 537 cm³/mol. The number of methoxy groups -OCH3 is 3. The van der Waals surface area contributed by atoms with Crippen LogP contribution in [0.25, 0.3) is 33.1 Å². The number of amides is 2. The molecule has 12 atom stereocenters. The first kappa shape index (κ1) is 114. The van der Waals surface area contributed by atoms with Crippen molar-refractivity contribution in [2.75, 3.05) is 41.0 Å². The summed E-state index contributed by atoms with van der Waals surface area (Å²) in [6.45, 7) is 51.6. The Morgan fingerprint density at radius 2 is 0.942 bits per heavy atom. The molecular weight excluding hydrogens is 1820 g/mol. The van der Waals surface area contributed by atoms with Gasteiger partial charge in [-0.1, -0.05) is 115 Å². The summed E-state index contributed by atoms with van der Waals surface area (Å²) in [5, 5.41) is 22.1. The maximum atomic E-state index is 15.0. The molecular formula is C97H151B4Cl2F6N9O19. The Morgan fingerprint density at radius 3 is 1.31 bits per heavy atom. The standard InChI is InChI=1S/C28H37F2N3O6.C23H29F2N3O4.C17H31NO4.C15H24O4.C12H9ClF2N2O.2CH4.B4.ClH.6H2/c1-10-17-20(15-33(25(35)39-27(6,7)8)21(17)24(34)38-26(3,4)5)37-23-22(28(29,30)11-2)31-18-13-12-16(36-9)14-19(18)32-23;1-7-14-17(12-26-18(14)21(29)32-22(3,4)5)31-20-19(23(24,25)8-2)27-15-10-9-13(30-6)11-16(15)28-20;1-8-11-13(20)10-18(15(21)22-17(5,6)7)14(11)12(19)9-16(2,3)4;1-5-6-7-10-8-12(10)19-13(16)9-11(14(17)18)15(2,3)4;1-3-12(14,15)10-11(13)17-9-6-7(18-2)4-5-8(9)16-10;;;1-4(2)3;;;;;;;/h11-14,17,20-21H,2,10,15H2,1,3-9H3;8-11,14,17-18,26H,2,7,12H2,1,3-6H3;11,13-14,20H,8-10H2,1-7H3;5,10-12H,1,6-9H2,2-4H3,(H,17,18);3-6H,1H2,2H3;2*1H4;;7*1H/t17-,20+,21+;14-,17+,18+;11-,13+,14+;10-,11-,12-;;;;;;;;;;;/m1111.........../s1/i;;;;;;;;;5*1+1D;1+1. The fraction of sp³-hybridized carbons (Fsp3) is 0.598. The summed E-state index contributed by atoms with van der Waals surface area (Å²) in [6, 6.07) is 11.9. The molecule has 6 aromatic rings. The number of esters is 3. The number of hydrogen-bond donors (Lipinski definition) is 3. The number of alkyl halides is 6. The lowest BCUT2D eigenvalue weighted by molar-refractivity contribution is -0.162. The van der Waals surface area contributed by atoms with E-state index >= 15 is 0 Å². The number of benzene rings is 3. The fourth-order valence-electron chi connectivity index (χ4n) is 14.6. The minimum Gasteiger partial charge on any atom is -0.497 e. The van der Waals surface area contributed by atoms with E-state index in [4.69, 9.17) is 78.9 Å². The molecule has 28 nitrogen and oxygen atoms in total. The molecule has 0 spiro atoms. The molecule has 6 radical (unpaired) electrons. The average molecular weight is 1990 g/mol. The summed E-state index contributed by atoms with van der Waals surface area (Å²) in [4.78, 5) is 114. The topological polar surface area (TPSA) is 348 Å². The lowest BCUT2D eigenvalue weighted by atomic mass is 9.08. The number of carbonyl (C=O) groups is 7. The number of fused-ring (bicyclic) bond motifs is 3. The highest BCUT2D eigenvalue weighted by atomic mass is 35.5. The van der Waals surface area contributed by atoms with Gasteiger partial charge >= 0.3 is 53.8 Å².